The van der Waals surface area contributed by atoms with Gasteiger partial charge in [0.05, 0.1) is 24.7 Å². The molecule has 1 aromatic carbocycles. The number of methoxy groups -OCH3 is 1. The molecule has 1 amide bonds. The van der Waals surface area contributed by atoms with E-state index in [4.69, 9.17) is 14.2 Å². The molecule has 0 fully saturated rings. The lowest BCUT2D eigenvalue weighted by Crippen LogP contribution is -2.34. The van der Waals surface area contributed by atoms with Crippen LogP contribution < -0.4 is 14.8 Å². The number of hydrogen-bond donors (Lipinski definition) is 1. The van der Waals surface area contributed by atoms with Crippen LogP contribution in [0.15, 0.2) is 29.9 Å². The van der Waals surface area contributed by atoms with Crippen LogP contribution in [-0.2, 0) is 16.0 Å². The van der Waals surface area contributed by atoms with E-state index < -0.39 is 5.92 Å². The SMILES string of the molecule is COC(=O)[C@H](CNC(=O)c1cncs1)Cc1ccc2c(c1)OCO2. The Morgan fingerprint density at radius 3 is 2.96 bits per heavy atom. The van der Waals surface area contributed by atoms with Crippen molar-refractivity contribution in [2.45, 2.75) is 6.42 Å². The molecule has 126 valence electrons. The minimum Gasteiger partial charge on any atom is -0.469 e. The Hall–Kier alpha value is -2.61. The number of hydrogen-bond acceptors (Lipinski definition) is 7. The third-order valence-corrected chi connectivity index (χ3v) is 4.39. The van der Waals surface area contributed by atoms with Gasteiger partial charge in [-0.1, -0.05) is 6.07 Å². The van der Waals surface area contributed by atoms with Crippen LogP contribution >= 0.6 is 11.3 Å². The van der Waals surface area contributed by atoms with Crippen LogP contribution in [0.5, 0.6) is 11.5 Å². The summed E-state index contributed by atoms with van der Waals surface area (Å²) < 4.78 is 15.5. The Bertz CT molecular complexity index is 732. The summed E-state index contributed by atoms with van der Waals surface area (Å²) in [7, 11) is 1.33. The predicted octanol–water partition coefficient (Wildman–Crippen LogP) is 1.63. The zero-order valence-corrected chi connectivity index (χ0v) is 13.8. The quantitative estimate of drug-likeness (QED) is 0.799. The number of ether oxygens (including phenoxy) is 3. The van der Waals surface area contributed by atoms with E-state index >= 15 is 0 Å². The minimum atomic E-state index is -0.493. The van der Waals surface area contributed by atoms with Crippen molar-refractivity contribution in [2.24, 2.45) is 5.92 Å². The molecular weight excluding hydrogens is 332 g/mol. The predicted molar refractivity (Wildman–Crippen MR) is 86.2 cm³/mol. The van der Waals surface area contributed by atoms with Gasteiger partial charge in [-0.2, -0.15) is 0 Å². The van der Waals surface area contributed by atoms with Crippen LogP contribution in [0, 0.1) is 5.92 Å². The molecule has 0 bridgehead atoms. The monoisotopic (exact) mass is 348 g/mol. The highest BCUT2D eigenvalue weighted by Gasteiger charge is 2.23. The normalized spacial score (nSPS) is 13.4. The molecule has 1 aromatic heterocycles. The lowest BCUT2D eigenvalue weighted by molar-refractivity contribution is -0.145. The third-order valence-electron chi connectivity index (χ3n) is 3.62. The van der Waals surface area contributed by atoms with Gasteiger partial charge in [-0.05, 0) is 24.1 Å². The molecule has 1 N–H and O–H groups in total. The summed E-state index contributed by atoms with van der Waals surface area (Å²) in [4.78, 5) is 28.4. The summed E-state index contributed by atoms with van der Waals surface area (Å²) in [5, 5.41) is 2.75. The van der Waals surface area contributed by atoms with E-state index in [1.54, 1.807) is 5.51 Å². The van der Waals surface area contributed by atoms with E-state index in [9.17, 15) is 9.59 Å². The smallest absolute Gasteiger partial charge is 0.310 e. The first kappa shape index (κ1) is 16.3. The van der Waals surface area contributed by atoms with Crippen molar-refractivity contribution >= 4 is 23.2 Å². The molecule has 0 aliphatic carbocycles. The Balaban J connectivity index is 1.65. The van der Waals surface area contributed by atoms with Gasteiger partial charge in [0, 0.05) is 6.54 Å². The standard InChI is InChI=1S/C16H16N2O5S/c1-21-16(20)11(6-18-15(19)14-7-17-8-24-14)4-10-2-3-12-13(5-10)23-9-22-12/h2-3,5,7-8,11H,4,6,9H2,1H3,(H,18,19)/t11-/m0/s1. The van der Waals surface area contributed by atoms with Gasteiger partial charge in [0.25, 0.3) is 5.91 Å². The maximum atomic E-state index is 12.0. The third kappa shape index (κ3) is 3.65. The number of carbonyl (C=O) groups is 2. The van der Waals surface area contributed by atoms with E-state index in [0.29, 0.717) is 22.8 Å². The first-order chi connectivity index (χ1) is 11.7. The summed E-state index contributed by atoms with van der Waals surface area (Å²) in [5.74, 6) is 0.221. The highest BCUT2D eigenvalue weighted by atomic mass is 32.1. The van der Waals surface area contributed by atoms with Crippen molar-refractivity contribution in [1.82, 2.24) is 10.3 Å². The Morgan fingerprint density at radius 1 is 1.38 bits per heavy atom. The average Bonchev–Trinajstić information content (AvgIpc) is 3.28. The Kier molecular flexibility index (Phi) is 4.95. The number of rotatable bonds is 6. The van der Waals surface area contributed by atoms with Crippen LogP contribution in [0.4, 0.5) is 0 Å². The molecule has 2 heterocycles. The molecule has 0 saturated carbocycles. The Labute approximate surface area is 142 Å². The van der Waals surface area contributed by atoms with Crippen molar-refractivity contribution in [1.29, 1.82) is 0 Å². The zero-order valence-electron chi connectivity index (χ0n) is 13.0. The molecule has 0 unspecified atom stereocenters. The van der Waals surface area contributed by atoms with E-state index in [2.05, 4.69) is 10.3 Å². The lowest BCUT2D eigenvalue weighted by atomic mass is 9.99. The molecule has 0 saturated heterocycles. The molecule has 1 aliphatic rings. The number of fused-ring (bicyclic) bond motifs is 1. The molecule has 1 atom stereocenters. The van der Waals surface area contributed by atoms with Gasteiger partial charge in [0.1, 0.15) is 4.88 Å². The van der Waals surface area contributed by atoms with Gasteiger partial charge in [0.15, 0.2) is 11.5 Å². The number of aromatic nitrogens is 1. The van der Waals surface area contributed by atoms with Crippen molar-refractivity contribution in [3.8, 4) is 11.5 Å². The molecule has 2 aromatic rings. The summed E-state index contributed by atoms with van der Waals surface area (Å²) in [5.41, 5.74) is 2.49. The molecule has 24 heavy (non-hydrogen) atoms. The van der Waals surface area contributed by atoms with E-state index in [-0.39, 0.29) is 25.2 Å². The summed E-state index contributed by atoms with van der Waals surface area (Å²) in [6.45, 7) is 0.377. The number of benzene rings is 1. The minimum absolute atomic E-state index is 0.178. The number of nitrogens with one attached hydrogen (secondary N) is 1. The van der Waals surface area contributed by atoms with Gasteiger partial charge in [-0.3, -0.25) is 14.6 Å². The van der Waals surface area contributed by atoms with Crippen molar-refractivity contribution in [2.75, 3.05) is 20.4 Å². The average molecular weight is 348 g/mol. The number of esters is 1. The highest BCUT2D eigenvalue weighted by Crippen LogP contribution is 2.33. The molecular formula is C16H16N2O5S. The summed E-state index contributed by atoms with van der Waals surface area (Å²) in [6.07, 6.45) is 1.91. The molecule has 3 rings (SSSR count). The second-order valence-corrected chi connectivity index (χ2v) is 6.07. The molecule has 0 radical (unpaired) electrons. The van der Waals surface area contributed by atoms with Crippen molar-refractivity contribution < 1.29 is 23.8 Å². The van der Waals surface area contributed by atoms with Gasteiger partial charge < -0.3 is 19.5 Å². The highest BCUT2D eigenvalue weighted by molar-refractivity contribution is 7.11. The fraction of sp³-hybridized carbons (Fsp3) is 0.312. The van der Waals surface area contributed by atoms with Gasteiger partial charge in [-0.25, -0.2) is 0 Å². The van der Waals surface area contributed by atoms with Crippen molar-refractivity contribution in [3.63, 3.8) is 0 Å². The van der Waals surface area contributed by atoms with Crippen LogP contribution in [0.1, 0.15) is 15.2 Å². The van der Waals surface area contributed by atoms with E-state index in [1.807, 2.05) is 18.2 Å². The second kappa shape index (κ2) is 7.31. The van der Waals surface area contributed by atoms with Crippen LogP contribution in [0.25, 0.3) is 0 Å². The zero-order chi connectivity index (χ0) is 16.9. The first-order valence-electron chi connectivity index (χ1n) is 7.30. The topological polar surface area (TPSA) is 86.8 Å². The number of nitrogens with zero attached hydrogens (tertiary/aromatic N) is 1. The summed E-state index contributed by atoms with van der Waals surface area (Å²) >= 11 is 1.24. The van der Waals surface area contributed by atoms with E-state index in [0.717, 1.165) is 5.56 Å². The van der Waals surface area contributed by atoms with Crippen LogP contribution in [0.3, 0.4) is 0 Å². The van der Waals surface area contributed by atoms with Crippen molar-refractivity contribution in [3.05, 3.63) is 40.3 Å². The molecule has 8 heteroatoms. The van der Waals surface area contributed by atoms with Crippen LogP contribution in [0.2, 0.25) is 0 Å². The van der Waals surface area contributed by atoms with Gasteiger partial charge in [0.2, 0.25) is 6.79 Å². The molecule has 7 nitrogen and oxygen atoms in total. The van der Waals surface area contributed by atoms with E-state index in [1.165, 1.54) is 24.6 Å². The number of carbonyl (C=O) groups excluding carboxylic acids is 2. The Morgan fingerprint density at radius 2 is 2.21 bits per heavy atom. The summed E-state index contributed by atoms with van der Waals surface area (Å²) in [6, 6.07) is 5.51. The van der Waals surface area contributed by atoms with Gasteiger partial charge in [-0.15, -0.1) is 11.3 Å². The second-order valence-electron chi connectivity index (χ2n) is 5.19. The number of amides is 1. The number of thiazole rings is 1. The fourth-order valence-electron chi connectivity index (χ4n) is 2.39. The maximum absolute atomic E-state index is 12.0. The molecule has 0 spiro atoms. The lowest BCUT2D eigenvalue weighted by Gasteiger charge is -2.15. The molecule has 1 aliphatic heterocycles. The largest absolute Gasteiger partial charge is 0.469 e. The maximum Gasteiger partial charge on any atom is 0.310 e. The van der Waals surface area contributed by atoms with Crippen LogP contribution in [-0.4, -0.2) is 37.3 Å². The first-order valence-corrected chi connectivity index (χ1v) is 8.18. The van der Waals surface area contributed by atoms with Gasteiger partial charge >= 0.3 is 5.97 Å². The fourth-order valence-corrected chi connectivity index (χ4v) is 2.93.